The first-order valence-electron chi connectivity index (χ1n) is 10.3. The largest absolute Gasteiger partial charge is 0.487 e. The number of hydrogen-bond acceptors (Lipinski definition) is 6. The molecule has 2 heterocycles. The number of nitrogens with zero attached hydrogens (tertiary/aromatic N) is 1. The lowest BCUT2D eigenvalue weighted by Gasteiger charge is -2.10. The average molecular weight is 513 g/mol. The SMILES string of the molecule is Cc1sc(C(=O)Nc2cc(Cl)cc(S(C)(=O)=O)c2)cc1-c1ncccc1OCc1ccccc1. The molecule has 0 spiro atoms. The van der Waals surface area contributed by atoms with Gasteiger partial charge in [0.05, 0.1) is 9.77 Å². The van der Waals surface area contributed by atoms with Gasteiger partial charge in [-0.3, -0.25) is 9.78 Å². The van der Waals surface area contributed by atoms with Gasteiger partial charge in [-0.2, -0.15) is 0 Å². The molecule has 0 unspecified atom stereocenters. The maximum Gasteiger partial charge on any atom is 0.265 e. The number of sulfone groups is 1. The molecule has 2 aromatic heterocycles. The molecule has 0 aliphatic rings. The fraction of sp³-hybridized carbons (Fsp3) is 0.120. The van der Waals surface area contributed by atoms with E-state index in [0.29, 0.717) is 28.6 Å². The summed E-state index contributed by atoms with van der Waals surface area (Å²) in [6.07, 6.45) is 2.77. The highest BCUT2D eigenvalue weighted by atomic mass is 35.5. The number of rotatable bonds is 7. The van der Waals surface area contributed by atoms with Crippen molar-refractivity contribution in [3.63, 3.8) is 0 Å². The Balaban J connectivity index is 1.58. The van der Waals surface area contributed by atoms with Gasteiger partial charge in [0, 0.05) is 33.6 Å². The Morgan fingerprint density at radius 3 is 2.59 bits per heavy atom. The zero-order valence-electron chi connectivity index (χ0n) is 18.4. The van der Waals surface area contributed by atoms with Crippen molar-refractivity contribution in [2.75, 3.05) is 11.6 Å². The Labute approximate surface area is 207 Å². The molecule has 6 nitrogen and oxygen atoms in total. The fourth-order valence-corrected chi connectivity index (χ4v) is 5.21. The van der Waals surface area contributed by atoms with E-state index in [1.807, 2.05) is 43.3 Å². The second-order valence-electron chi connectivity index (χ2n) is 7.61. The van der Waals surface area contributed by atoms with Gasteiger partial charge >= 0.3 is 0 Å². The Kier molecular flexibility index (Phi) is 7.02. The molecule has 0 saturated heterocycles. The van der Waals surface area contributed by atoms with Crippen molar-refractivity contribution in [2.24, 2.45) is 0 Å². The van der Waals surface area contributed by atoms with Crippen LogP contribution in [0, 0.1) is 6.92 Å². The Morgan fingerprint density at radius 1 is 1.09 bits per heavy atom. The summed E-state index contributed by atoms with van der Waals surface area (Å²) in [5.41, 5.74) is 2.78. The van der Waals surface area contributed by atoms with Crippen LogP contribution in [-0.4, -0.2) is 25.6 Å². The molecule has 4 aromatic rings. The van der Waals surface area contributed by atoms with Crippen molar-refractivity contribution in [1.82, 2.24) is 4.98 Å². The first-order chi connectivity index (χ1) is 16.2. The zero-order chi connectivity index (χ0) is 24.3. The molecule has 0 radical (unpaired) electrons. The van der Waals surface area contributed by atoms with E-state index in [2.05, 4.69) is 10.3 Å². The van der Waals surface area contributed by atoms with E-state index in [4.69, 9.17) is 16.3 Å². The number of halogens is 1. The van der Waals surface area contributed by atoms with E-state index in [9.17, 15) is 13.2 Å². The molecule has 0 atom stereocenters. The minimum absolute atomic E-state index is 0.0343. The average Bonchev–Trinajstić information content (AvgIpc) is 3.19. The number of nitrogens with one attached hydrogen (secondary N) is 1. The predicted molar refractivity (Wildman–Crippen MR) is 136 cm³/mol. The Morgan fingerprint density at radius 2 is 1.85 bits per heavy atom. The highest BCUT2D eigenvalue weighted by molar-refractivity contribution is 7.90. The number of carbonyl (C=O) groups excluding carboxylic acids is 1. The molecule has 0 fully saturated rings. The van der Waals surface area contributed by atoms with Crippen molar-refractivity contribution in [3.8, 4) is 17.0 Å². The first-order valence-corrected chi connectivity index (χ1v) is 13.3. The topological polar surface area (TPSA) is 85.4 Å². The first kappa shape index (κ1) is 23.9. The van der Waals surface area contributed by atoms with E-state index in [1.165, 1.54) is 29.5 Å². The summed E-state index contributed by atoms with van der Waals surface area (Å²) in [4.78, 5) is 18.8. The van der Waals surface area contributed by atoms with Crippen LogP contribution in [-0.2, 0) is 16.4 Å². The van der Waals surface area contributed by atoms with Gasteiger partial charge in [0.15, 0.2) is 9.84 Å². The van der Waals surface area contributed by atoms with Crippen LogP contribution in [0.5, 0.6) is 5.75 Å². The van der Waals surface area contributed by atoms with E-state index in [1.54, 1.807) is 18.3 Å². The van der Waals surface area contributed by atoms with Crippen LogP contribution in [0.15, 0.2) is 77.8 Å². The lowest BCUT2D eigenvalue weighted by molar-refractivity contribution is 0.103. The third-order valence-electron chi connectivity index (χ3n) is 4.96. The number of ether oxygens (including phenoxy) is 1. The van der Waals surface area contributed by atoms with Crippen LogP contribution >= 0.6 is 22.9 Å². The second-order valence-corrected chi connectivity index (χ2v) is 11.3. The Bertz CT molecular complexity index is 1450. The van der Waals surface area contributed by atoms with Crippen molar-refractivity contribution < 1.29 is 17.9 Å². The summed E-state index contributed by atoms with van der Waals surface area (Å²) in [5, 5.41) is 2.95. The monoisotopic (exact) mass is 512 g/mol. The minimum Gasteiger partial charge on any atom is -0.487 e. The quantitative estimate of drug-likeness (QED) is 0.328. The second kappa shape index (κ2) is 9.97. The van der Waals surface area contributed by atoms with Crippen LogP contribution in [0.2, 0.25) is 5.02 Å². The normalized spacial score (nSPS) is 11.3. The smallest absolute Gasteiger partial charge is 0.265 e. The highest BCUT2D eigenvalue weighted by Gasteiger charge is 2.18. The van der Waals surface area contributed by atoms with Gasteiger partial charge in [0.2, 0.25) is 0 Å². The lowest BCUT2D eigenvalue weighted by Crippen LogP contribution is -2.11. The van der Waals surface area contributed by atoms with Crippen molar-refractivity contribution in [3.05, 3.63) is 93.3 Å². The number of amides is 1. The van der Waals surface area contributed by atoms with Crippen LogP contribution in [0.3, 0.4) is 0 Å². The number of carbonyl (C=O) groups is 1. The summed E-state index contributed by atoms with van der Waals surface area (Å²) in [6.45, 7) is 2.31. The van der Waals surface area contributed by atoms with Crippen molar-refractivity contribution in [1.29, 1.82) is 0 Å². The molecular formula is C25H21ClN2O4S2. The summed E-state index contributed by atoms with van der Waals surface area (Å²) in [5.74, 6) is 0.246. The van der Waals surface area contributed by atoms with E-state index >= 15 is 0 Å². The standard InChI is InChI=1S/C25H21ClN2O4S2/c1-16-21(24-22(9-6-10-27-24)32-15-17-7-4-3-5-8-17)14-23(33-16)25(29)28-19-11-18(26)12-20(13-19)34(2,30)31/h3-14H,15H2,1-2H3,(H,28,29). The molecule has 2 aromatic carbocycles. The molecule has 174 valence electrons. The van der Waals surface area contributed by atoms with Gasteiger partial charge in [-0.05, 0) is 48.9 Å². The molecule has 4 rings (SSSR count). The molecule has 0 bridgehead atoms. The number of hydrogen-bond donors (Lipinski definition) is 1. The maximum atomic E-state index is 12.9. The fourth-order valence-electron chi connectivity index (χ4n) is 3.32. The minimum atomic E-state index is -3.47. The predicted octanol–water partition coefficient (Wildman–Crippen LogP) is 6.01. The molecule has 0 aliphatic heterocycles. The van der Waals surface area contributed by atoms with Crippen LogP contribution in [0.25, 0.3) is 11.3 Å². The third kappa shape index (κ3) is 5.64. The van der Waals surface area contributed by atoms with Crippen LogP contribution in [0.1, 0.15) is 20.1 Å². The van der Waals surface area contributed by atoms with E-state index < -0.39 is 9.84 Å². The molecule has 0 saturated carbocycles. The third-order valence-corrected chi connectivity index (χ3v) is 7.32. The molecule has 1 N–H and O–H groups in total. The molecule has 34 heavy (non-hydrogen) atoms. The molecule has 0 aliphatic carbocycles. The summed E-state index contributed by atoms with van der Waals surface area (Å²) in [7, 11) is -3.47. The maximum absolute atomic E-state index is 12.9. The van der Waals surface area contributed by atoms with Crippen LogP contribution in [0.4, 0.5) is 5.69 Å². The van der Waals surface area contributed by atoms with Gasteiger partial charge in [0.1, 0.15) is 18.1 Å². The van der Waals surface area contributed by atoms with Gasteiger partial charge < -0.3 is 10.1 Å². The number of aryl methyl sites for hydroxylation is 1. The lowest BCUT2D eigenvalue weighted by atomic mass is 10.1. The summed E-state index contributed by atoms with van der Waals surface area (Å²) < 4.78 is 29.8. The van der Waals surface area contributed by atoms with Gasteiger partial charge in [-0.15, -0.1) is 11.3 Å². The number of benzene rings is 2. The number of pyridine rings is 1. The van der Waals surface area contributed by atoms with Crippen LogP contribution < -0.4 is 10.1 Å². The summed E-state index contributed by atoms with van der Waals surface area (Å²) in [6, 6.07) is 19.5. The molecule has 1 amide bonds. The van der Waals surface area contributed by atoms with Gasteiger partial charge in [-0.25, -0.2) is 8.42 Å². The number of thiophene rings is 1. The summed E-state index contributed by atoms with van der Waals surface area (Å²) >= 11 is 7.37. The van der Waals surface area contributed by atoms with Gasteiger partial charge in [-0.1, -0.05) is 41.9 Å². The van der Waals surface area contributed by atoms with Gasteiger partial charge in [0.25, 0.3) is 5.91 Å². The highest BCUT2D eigenvalue weighted by Crippen LogP contribution is 2.36. The van der Waals surface area contributed by atoms with E-state index in [0.717, 1.165) is 22.3 Å². The van der Waals surface area contributed by atoms with Crippen molar-refractivity contribution in [2.45, 2.75) is 18.4 Å². The van der Waals surface area contributed by atoms with E-state index in [-0.39, 0.29) is 15.8 Å². The molecule has 9 heteroatoms. The van der Waals surface area contributed by atoms with Crippen molar-refractivity contribution >= 4 is 44.4 Å². The number of aromatic nitrogens is 1. The zero-order valence-corrected chi connectivity index (χ0v) is 20.8. The molecular weight excluding hydrogens is 492 g/mol. The Hall–Kier alpha value is -3.20. The number of anilines is 1.